The van der Waals surface area contributed by atoms with Crippen LogP contribution in [0.2, 0.25) is 0 Å². The second kappa shape index (κ2) is 5.62. The van der Waals surface area contributed by atoms with Crippen molar-refractivity contribution in [3.63, 3.8) is 0 Å². The molecular weight excluding hydrogens is 316 g/mol. The van der Waals surface area contributed by atoms with Gasteiger partial charge in [0.1, 0.15) is 11.6 Å². The van der Waals surface area contributed by atoms with Gasteiger partial charge in [-0.15, -0.1) is 0 Å². The summed E-state index contributed by atoms with van der Waals surface area (Å²) in [5.41, 5.74) is 1.12. The fourth-order valence-corrected chi connectivity index (χ4v) is 4.18. The molecule has 2 unspecified atom stereocenters. The molecule has 0 spiro atoms. The maximum Gasteiger partial charge on any atom is 0.227 e. The Kier molecular flexibility index (Phi) is 3.38. The summed E-state index contributed by atoms with van der Waals surface area (Å²) in [6, 6.07) is 2.29. The summed E-state index contributed by atoms with van der Waals surface area (Å²) in [5.74, 6) is 2.76. The van der Waals surface area contributed by atoms with E-state index in [1.807, 2.05) is 12.3 Å². The Morgan fingerprint density at radius 1 is 1.16 bits per heavy atom. The van der Waals surface area contributed by atoms with Crippen LogP contribution in [0, 0.1) is 5.41 Å². The first kappa shape index (κ1) is 15.0. The lowest BCUT2D eigenvalue weighted by Gasteiger charge is -2.31. The highest BCUT2D eigenvalue weighted by molar-refractivity contribution is 5.53. The zero-order chi connectivity index (χ0) is 16.9. The van der Waals surface area contributed by atoms with Gasteiger partial charge in [-0.1, -0.05) is 0 Å². The molecule has 1 aliphatic heterocycles. The number of rotatable bonds is 5. The van der Waals surface area contributed by atoms with E-state index >= 15 is 0 Å². The molecule has 3 aliphatic rings. The maximum absolute atomic E-state index is 9.73. The van der Waals surface area contributed by atoms with Crippen molar-refractivity contribution < 1.29 is 5.11 Å². The Hall–Kier alpha value is -2.28. The molecule has 7 nitrogen and oxygen atoms in total. The molecular formula is C18H22N6O. The molecule has 0 amide bonds. The normalized spacial score (nSPS) is 27.7. The molecule has 0 aromatic carbocycles. The zero-order valence-electron chi connectivity index (χ0n) is 14.1. The van der Waals surface area contributed by atoms with Crippen molar-refractivity contribution in [3.05, 3.63) is 30.4 Å². The summed E-state index contributed by atoms with van der Waals surface area (Å²) in [4.78, 5) is 20.3. The van der Waals surface area contributed by atoms with Crippen LogP contribution in [0.4, 0.5) is 17.6 Å². The van der Waals surface area contributed by atoms with Gasteiger partial charge in [0.25, 0.3) is 0 Å². The molecule has 2 N–H and O–H groups in total. The van der Waals surface area contributed by atoms with Gasteiger partial charge in [-0.05, 0) is 38.2 Å². The SMILES string of the molecule is OCC12CCC(C1)N(c1nccc(Nc3cnc(C4CC4)cn3)n1)C2. The van der Waals surface area contributed by atoms with Gasteiger partial charge in [-0.3, -0.25) is 4.98 Å². The van der Waals surface area contributed by atoms with Crippen molar-refractivity contribution in [2.75, 3.05) is 23.4 Å². The van der Waals surface area contributed by atoms with Crippen LogP contribution in [-0.2, 0) is 0 Å². The van der Waals surface area contributed by atoms with Crippen LogP contribution in [0.15, 0.2) is 24.7 Å². The minimum atomic E-state index is 0.0432. The van der Waals surface area contributed by atoms with Crippen molar-refractivity contribution in [2.45, 2.75) is 44.1 Å². The highest BCUT2D eigenvalue weighted by atomic mass is 16.3. The number of hydrogen-bond donors (Lipinski definition) is 2. The standard InChI is InChI=1S/C18H22N6O/c25-11-18-5-3-13(7-18)24(10-18)17-19-6-4-15(23-17)22-16-9-20-14(8-21-16)12-1-2-12/h4,6,8-9,12-13,25H,1-3,5,7,10-11H2,(H,19,21,22,23). The van der Waals surface area contributed by atoms with E-state index in [2.05, 4.69) is 30.2 Å². The monoisotopic (exact) mass is 338 g/mol. The number of piperidine rings is 1. The summed E-state index contributed by atoms with van der Waals surface area (Å²) in [5, 5.41) is 12.9. The summed E-state index contributed by atoms with van der Waals surface area (Å²) >= 11 is 0. The Morgan fingerprint density at radius 2 is 2.08 bits per heavy atom. The molecule has 7 heteroatoms. The van der Waals surface area contributed by atoms with E-state index < -0.39 is 0 Å². The Balaban J connectivity index is 1.33. The van der Waals surface area contributed by atoms with E-state index in [1.54, 1.807) is 12.4 Å². The first-order valence-corrected chi connectivity index (χ1v) is 9.04. The van der Waals surface area contributed by atoms with Gasteiger partial charge in [-0.2, -0.15) is 4.98 Å². The summed E-state index contributed by atoms with van der Waals surface area (Å²) in [6.07, 6.45) is 11.1. The van der Waals surface area contributed by atoms with Crippen LogP contribution in [0.5, 0.6) is 0 Å². The number of aromatic nitrogens is 4. The molecule has 2 aliphatic carbocycles. The zero-order valence-corrected chi connectivity index (χ0v) is 14.1. The van der Waals surface area contributed by atoms with Crippen molar-refractivity contribution in [2.24, 2.45) is 5.41 Å². The summed E-state index contributed by atoms with van der Waals surface area (Å²) < 4.78 is 0. The Bertz CT molecular complexity index is 777. The number of nitrogens with zero attached hydrogens (tertiary/aromatic N) is 5. The molecule has 2 aromatic heterocycles. The number of anilines is 3. The first-order chi connectivity index (χ1) is 12.2. The topological polar surface area (TPSA) is 87.1 Å². The highest BCUT2D eigenvalue weighted by Gasteiger charge is 2.49. The molecule has 130 valence electrons. The third-order valence-electron chi connectivity index (χ3n) is 5.78. The molecule has 5 rings (SSSR count). The fourth-order valence-electron chi connectivity index (χ4n) is 4.18. The van der Waals surface area contributed by atoms with Gasteiger partial charge in [0.2, 0.25) is 5.95 Å². The van der Waals surface area contributed by atoms with Gasteiger partial charge in [0, 0.05) is 30.1 Å². The van der Waals surface area contributed by atoms with E-state index in [0.29, 0.717) is 17.8 Å². The van der Waals surface area contributed by atoms with Gasteiger partial charge in [-0.25, -0.2) is 9.97 Å². The number of hydrogen-bond acceptors (Lipinski definition) is 7. The molecule has 25 heavy (non-hydrogen) atoms. The predicted octanol–water partition coefficient (Wildman–Crippen LogP) is 2.24. The van der Waals surface area contributed by atoms with E-state index in [0.717, 1.165) is 43.3 Å². The molecule has 1 saturated heterocycles. The second-order valence-electron chi connectivity index (χ2n) is 7.65. The number of nitrogens with one attached hydrogen (secondary N) is 1. The quantitative estimate of drug-likeness (QED) is 0.864. The third kappa shape index (κ3) is 2.72. The van der Waals surface area contributed by atoms with E-state index in [-0.39, 0.29) is 12.0 Å². The fraction of sp³-hybridized carbons (Fsp3) is 0.556. The lowest BCUT2D eigenvalue weighted by atomic mass is 9.89. The summed E-state index contributed by atoms with van der Waals surface area (Å²) in [6.45, 7) is 1.09. The largest absolute Gasteiger partial charge is 0.396 e. The first-order valence-electron chi connectivity index (χ1n) is 9.04. The molecule has 3 fully saturated rings. The van der Waals surface area contributed by atoms with Gasteiger partial charge >= 0.3 is 0 Å². The minimum absolute atomic E-state index is 0.0432. The minimum Gasteiger partial charge on any atom is -0.396 e. The van der Waals surface area contributed by atoms with Crippen molar-refractivity contribution in [1.29, 1.82) is 0 Å². The Morgan fingerprint density at radius 3 is 2.80 bits per heavy atom. The number of aliphatic hydroxyl groups is 1. The van der Waals surface area contributed by atoms with Crippen molar-refractivity contribution in [1.82, 2.24) is 19.9 Å². The molecule has 0 radical (unpaired) electrons. The number of aliphatic hydroxyl groups excluding tert-OH is 1. The van der Waals surface area contributed by atoms with E-state index in [1.165, 1.54) is 12.8 Å². The van der Waals surface area contributed by atoms with Gasteiger partial charge in [0.15, 0.2) is 0 Å². The lowest BCUT2D eigenvalue weighted by molar-refractivity contribution is 0.148. The second-order valence-corrected chi connectivity index (χ2v) is 7.65. The van der Waals surface area contributed by atoms with Crippen LogP contribution in [0.25, 0.3) is 0 Å². The van der Waals surface area contributed by atoms with Crippen LogP contribution in [-0.4, -0.2) is 44.2 Å². The smallest absolute Gasteiger partial charge is 0.227 e. The Labute approximate surface area is 146 Å². The summed E-state index contributed by atoms with van der Waals surface area (Å²) in [7, 11) is 0. The van der Waals surface area contributed by atoms with Crippen molar-refractivity contribution in [3.8, 4) is 0 Å². The molecule has 2 aromatic rings. The van der Waals surface area contributed by atoms with E-state index in [4.69, 9.17) is 0 Å². The molecule has 2 bridgehead atoms. The number of fused-ring (bicyclic) bond motifs is 2. The van der Waals surface area contributed by atoms with Crippen LogP contribution in [0.1, 0.15) is 43.7 Å². The lowest BCUT2D eigenvalue weighted by Crippen LogP contribution is -2.37. The van der Waals surface area contributed by atoms with Crippen LogP contribution in [0.3, 0.4) is 0 Å². The highest BCUT2D eigenvalue weighted by Crippen LogP contribution is 2.48. The molecule has 2 atom stereocenters. The predicted molar refractivity (Wildman–Crippen MR) is 93.8 cm³/mol. The van der Waals surface area contributed by atoms with Crippen LogP contribution >= 0.6 is 0 Å². The molecule has 2 saturated carbocycles. The van der Waals surface area contributed by atoms with Gasteiger partial charge in [0.05, 0.1) is 24.7 Å². The average molecular weight is 338 g/mol. The average Bonchev–Trinajstić information content (AvgIpc) is 3.33. The third-order valence-corrected chi connectivity index (χ3v) is 5.78. The molecule has 3 heterocycles. The van der Waals surface area contributed by atoms with E-state index in [9.17, 15) is 5.11 Å². The maximum atomic E-state index is 9.73. The van der Waals surface area contributed by atoms with Crippen LogP contribution < -0.4 is 10.2 Å². The van der Waals surface area contributed by atoms with Gasteiger partial charge < -0.3 is 15.3 Å². The van der Waals surface area contributed by atoms with Crippen molar-refractivity contribution >= 4 is 17.6 Å².